The summed E-state index contributed by atoms with van der Waals surface area (Å²) < 4.78 is 10.3. The van der Waals surface area contributed by atoms with E-state index in [-0.39, 0.29) is 36.7 Å². The summed E-state index contributed by atoms with van der Waals surface area (Å²) in [6.45, 7) is 5.67. The molecule has 0 unspecified atom stereocenters. The lowest BCUT2D eigenvalue weighted by atomic mass is 9.94. The van der Waals surface area contributed by atoms with Gasteiger partial charge in [0.05, 0.1) is 43.5 Å². The minimum atomic E-state index is -0.508. The minimum Gasteiger partial charge on any atom is -0.462 e. The Hall–Kier alpha value is -2.78. The average Bonchev–Trinajstić information content (AvgIpc) is 3.13. The van der Waals surface area contributed by atoms with Gasteiger partial charge in [0, 0.05) is 19.0 Å². The zero-order valence-electron chi connectivity index (χ0n) is 18.3. The topological polar surface area (TPSA) is 96.5 Å². The van der Waals surface area contributed by atoms with Crippen LogP contribution < -0.4 is 4.90 Å². The number of amides is 3. The van der Waals surface area contributed by atoms with E-state index in [0.717, 1.165) is 0 Å². The zero-order valence-corrected chi connectivity index (χ0v) is 18.3. The standard InChI is InChI=1S/C23H29N3O6/c1-2-32-23(30)17-3-5-18(6-4-17)26-20(27)15-19(22(26)29)24-9-7-16(8-10-24)21(28)25-11-13-31-14-12-25/h3-6,16,19H,2,7-15H2,1H3/t19-/m0/s1. The van der Waals surface area contributed by atoms with Crippen LogP contribution in [0.4, 0.5) is 5.69 Å². The Labute approximate surface area is 187 Å². The van der Waals surface area contributed by atoms with Crippen molar-refractivity contribution >= 4 is 29.4 Å². The molecule has 3 amide bonds. The van der Waals surface area contributed by atoms with Crippen molar-refractivity contribution in [2.75, 3.05) is 50.9 Å². The number of anilines is 1. The van der Waals surface area contributed by atoms with E-state index < -0.39 is 12.0 Å². The predicted molar refractivity (Wildman–Crippen MR) is 115 cm³/mol. The first-order chi connectivity index (χ1) is 15.5. The van der Waals surface area contributed by atoms with Gasteiger partial charge in [-0.2, -0.15) is 0 Å². The molecule has 9 nitrogen and oxygen atoms in total. The first-order valence-electron chi connectivity index (χ1n) is 11.2. The summed E-state index contributed by atoms with van der Waals surface area (Å²) in [4.78, 5) is 55.4. The van der Waals surface area contributed by atoms with Crippen LogP contribution in [0.3, 0.4) is 0 Å². The lowest BCUT2D eigenvalue weighted by Gasteiger charge is -2.37. The van der Waals surface area contributed by atoms with Crippen LogP contribution in [0, 0.1) is 5.92 Å². The minimum absolute atomic E-state index is 0.0388. The molecule has 4 rings (SSSR count). The number of ether oxygens (including phenoxy) is 2. The molecule has 3 heterocycles. The van der Waals surface area contributed by atoms with E-state index in [2.05, 4.69) is 0 Å². The van der Waals surface area contributed by atoms with Crippen LogP contribution in [-0.4, -0.2) is 85.5 Å². The molecule has 0 N–H and O–H groups in total. The van der Waals surface area contributed by atoms with Crippen molar-refractivity contribution in [3.05, 3.63) is 29.8 Å². The fraction of sp³-hybridized carbons (Fsp3) is 0.565. The molecule has 1 aromatic carbocycles. The number of carbonyl (C=O) groups is 4. The van der Waals surface area contributed by atoms with Gasteiger partial charge in [-0.1, -0.05) is 0 Å². The highest BCUT2D eigenvalue weighted by molar-refractivity contribution is 6.22. The number of likely N-dealkylation sites (tertiary alicyclic amines) is 1. The van der Waals surface area contributed by atoms with Gasteiger partial charge in [0.1, 0.15) is 0 Å². The Morgan fingerprint density at radius 1 is 1.03 bits per heavy atom. The molecule has 3 fully saturated rings. The van der Waals surface area contributed by atoms with E-state index in [0.29, 0.717) is 63.5 Å². The molecule has 1 atom stereocenters. The fourth-order valence-corrected chi connectivity index (χ4v) is 4.63. The number of carbonyl (C=O) groups excluding carboxylic acids is 4. The Morgan fingerprint density at radius 3 is 2.31 bits per heavy atom. The van der Waals surface area contributed by atoms with Crippen molar-refractivity contribution in [2.45, 2.75) is 32.2 Å². The van der Waals surface area contributed by atoms with Crippen LogP contribution in [0.15, 0.2) is 24.3 Å². The number of rotatable bonds is 5. The maximum Gasteiger partial charge on any atom is 0.338 e. The van der Waals surface area contributed by atoms with Crippen molar-refractivity contribution in [2.24, 2.45) is 5.92 Å². The van der Waals surface area contributed by atoms with Gasteiger partial charge >= 0.3 is 5.97 Å². The summed E-state index contributed by atoms with van der Waals surface area (Å²) in [6.07, 6.45) is 1.49. The number of hydrogen-bond donors (Lipinski definition) is 0. The normalized spacial score (nSPS) is 23.0. The molecular weight excluding hydrogens is 414 g/mol. The molecule has 0 spiro atoms. The number of piperidine rings is 1. The van der Waals surface area contributed by atoms with Crippen LogP contribution >= 0.6 is 0 Å². The highest BCUT2D eigenvalue weighted by Gasteiger charge is 2.44. The van der Waals surface area contributed by atoms with Crippen molar-refractivity contribution in [3.8, 4) is 0 Å². The lowest BCUT2D eigenvalue weighted by Crippen LogP contribution is -2.50. The summed E-state index contributed by atoms with van der Waals surface area (Å²) in [5, 5.41) is 0. The third-order valence-electron chi connectivity index (χ3n) is 6.40. The highest BCUT2D eigenvalue weighted by Crippen LogP contribution is 2.29. The van der Waals surface area contributed by atoms with Gasteiger partial charge in [-0.25, -0.2) is 9.69 Å². The number of imide groups is 1. The number of hydrogen-bond acceptors (Lipinski definition) is 7. The predicted octanol–water partition coefficient (Wildman–Crippen LogP) is 1.07. The van der Waals surface area contributed by atoms with Crippen LogP contribution in [0.1, 0.15) is 36.5 Å². The fourth-order valence-electron chi connectivity index (χ4n) is 4.63. The number of esters is 1. The van der Waals surface area contributed by atoms with Gasteiger partial charge in [-0.15, -0.1) is 0 Å². The lowest BCUT2D eigenvalue weighted by molar-refractivity contribution is -0.141. The first-order valence-corrected chi connectivity index (χ1v) is 11.2. The molecule has 0 bridgehead atoms. The molecule has 1 aromatic rings. The van der Waals surface area contributed by atoms with Crippen molar-refractivity contribution in [1.29, 1.82) is 0 Å². The molecule has 3 aliphatic rings. The summed E-state index contributed by atoms with van der Waals surface area (Å²) in [5.41, 5.74) is 0.825. The summed E-state index contributed by atoms with van der Waals surface area (Å²) >= 11 is 0. The van der Waals surface area contributed by atoms with Gasteiger partial charge in [0.15, 0.2) is 0 Å². The highest BCUT2D eigenvalue weighted by atomic mass is 16.5. The number of morpholine rings is 1. The van der Waals surface area contributed by atoms with E-state index in [1.807, 2.05) is 9.80 Å². The Kier molecular flexibility index (Phi) is 6.86. The summed E-state index contributed by atoms with van der Waals surface area (Å²) in [5.74, 6) is -0.814. The molecule has 9 heteroatoms. The second kappa shape index (κ2) is 9.79. The molecular formula is C23H29N3O6. The van der Waals surface area contributed by atoms with E-state index in [4.69, 9.17) is 9.47 Å². The second-order valence-electron chi connectivity index (χ2n) is 8.30. The molecule has 0 saturated carbocycles. The Balaban J connectivity index is 1.36. The molecule has 0 radical (unpaired) electrons. The molecule has 3 aliphatic heterocycles. The molecule has 0 aromatic heterocycles. The smallest absolute Gasteiger partial charge is 0.338 e. The van der Waals surface area contributed by atoms with Gasteiger partial charge in [0.2, 0.25) is 11.8 Å². The van der Waals surface area contributed by atoms with Gasteiger partial charge in [-0.3, -0.25) is 19.3 Å². The van der Waals surface area contributed by atoms with Crippen molar-refractivity contribution in [3.63, 3.8) is 0 Å². The Morgan fingerprint density at radius 2 is 1.69 bits per heavy atom. The van der Waals surface area contributed by atoms with E-state index in [1.54, 1.807) is 31.2 Å². The van der Waals surface area contributed by atoms with Crippen LogP contribution in [-0.2, 0) is 23.9 Å². The van der Waals surface area contributed by atoms with Gasteiger partial charge in [0.25, 0.3) is 5.91 Å². The maximum absolute atomic E-state index is 13.1. The number of benzene rings is 1. The maximum atomic E-state index is 13.1. The third-order valence-corrected chi connectivity index (χ3v) is 6.40. The molecule has 3 saturated heterocycles. The first kappa shape index (κ1) is 22.4. The summed E-state index contributed by atoms with van der Waals surface area (Å²) in [6, 6.07) is 5.80. The van der Waals surface area contributed by atoms with Gasteiger partial charge in [-0.05, 0) is 57.1 Å². The van der Waals surface area contributed by atoms with Crippen LogP contribution in [0.2, 0.25) is 0 Å². The van der Waals surface area contributed by atoms with Crippen molar-refractivity contribution < 1.29 is 28.7 Å². The number of nitrogens with zero attached hydrogens (tertiary/aromatic N) is 3. The monoisotopic (exact) mass is 443 g/mol. The molecule has 32 heavy (non-hydrogen) atoms. The molecule has 172 valence electrons. The van der Waals surface area contributed by atoms with Gasteiger partial charge < -0.3 is 14.4 Å². The second-order valence-corrected chi connectivity index (χ2v) is 8.30. The zero-order chi connectivity index (χ0) is 22.7. The van der Waals surface area contributed by atoms with Crippen LogP contribution in [0.5, 0.6) is 0 Å². The summed E-state index contributed by atoms with van der Waals surface area (Å²) in [7, 11) is 0. The van der Waals surface area contributed by atoms with E-state index in [1.165, 1.54) is 4.90 Å². The molecule has 0 aliphatic carbocycles. The van der Waals surface area contributed by atoms with Crippen molar-refractivity contribution in [1.82, 2.24) is 9.80 Å². The quantitative estimate of drug-likeness (QED) is 0.496. The average molecular weight is 444 g/mol. The third kappa shape index (κ3) is 4.54. The van der Waals surface area contributed by atoms with E-state index in [9.17, 15) is 19.2 Å². The van der Waals surface area contributed by atoms with E-state index >= 15 is 0 Å². The Bertz CT molecular complexity index is 872. The van der Waals surface area contributed by atoms with Crippen LogP contribution in [0.25, 0.3) is 0 Å². The largest absolute Gasteiger partial charge is 0.462 e. The SMILES string of the molecule is CCOC(=O)c1ccc(N2C(=O)C[C@H](N3CCC(C(=O)N4CCOCC4)CC3)C2=O)cc1.